The average molecular weight is 320 g/mol. The largest absolute Gasteiger partial charge is 0.489 e. The molecule has 0 fully saturated rings. The number of ether oxygens (including phenoxy) is 2. The lowest BCUT2D eigenvalue weighted by atomic mass is 10.3. The number of nitrogens with zero attached hydrogens (tertiary/aromatic N) is 1. The van der Waals surface area contributed by atoms with E-state index in [4.69, 9.17) is 27.9 Å². The maximum Gasteiger partial charge on any atom is 0.306 e. The molecule has 0 aromatic heterocycles. The molecule has 112 valence electrons. The summed E-state index contributed by atoms with van der Waals surface area (Å²) in [5.41, 5.74) is 0. The highest BCUT2D eigenvalue weighted by Gasteiger charge is 2.09. The molecule has 0 N–H and O–H groups in total. The predicted molar refractivity (Wildman–Crippen MR) is 80.7 cm³/mol. The van der Waals surface area contributed by atoms with Gasteiger partial charge in [-0.15, -0.1) is 0 Å². The van der Waals surface area contributed by atoms with Crippen LogP contribution in [0, 0.1) is 0 Å². The van der Waals surface area contributed by atoms with E-state index >= 15 is 0 Å². The van der Waals surface area contributed by atoms with Gasteiger partial charge in [-0.3, -0.25) is 9.69 Å². The zero-order valence-electron chi connectivity index (χ0n) is 11.7. The maximum atomic E-state index is 11.1. The van der Waals surface area contributed by atoms with E-state index in [1.807, 2.05) is 6.92 Å². The Morgan fingerprint density at radius 1 is 1.25 bits per heavy atom. The second-order valence-corrected chi connectivity index (χ2v) is 4.97. The van der Waals surface area contributed by atoms with Crippen molar-refractivity contribution in [3.05, 3.63) is 28.2 Å². The molecule has 0 saturated heterocycles. The third-order valence-corrected chi connectivity index (χ3v) is 3.48. The lowest BCUT2D eigenvalue weighted by molar-refractivity contribution is -0.141. The Kier molecular flexibility index (Phi) is 7.73. The molecule has 0 radical (unpaired) electrons. The van der Waals surface area contributed by atoms with Crippen LogP contribution in [0.2, 0.25) is 10.0 Å². The number of likely N-dealkylation sites (N-methyl/N-ethyl adjacent to an activating group) is 1. The second-order valence-electron chi connectivity index (χ2n) is 4.16. The molecule has 0 bridgehead atoms. The molecule has 0 unspecified atom stereocenters. The highest BCUT2D eigenvalue weighted by atomic mass is 35.5. The molecule has 0 aliphatic rings. The van der Waals surface area contributed by atoms with Gasteiger partial charge >= 0.3 is 5.97 Å². The van der Waals surface area contributed by atoms with E-state index in [1.165, 1.54) is 7.11 Å². The molecule has 0 saturated carbocycles. The fraction of sp³-hybridized carbons (Fsp3) is 0.500. The summed E-state index contributed by atoms with van der Waals surface area (Å²) in [5.74, 6) is 0.290. The van der Waals surface area contributed by atoms with Crippen LogP contribution in [-0.4, -0.2) is 44.2 Å². The van der Waals surface area contributed by atoms with Gasteiger partial charge in [0.2, 0.25) is 0 Å². The van der Waals surface area contributed by atoms with E-state index in [-0.39, 0.29) is 5.97 Å². The van der Waals surface area contributed by atoms with Crippen molar-refractivity contribution in [3.63, 3.8) is 0 Å². The third kappa shape index (κ3) is 5.57. The number of esters is 1. The Morgan fingerprint density at radius 2 is 1.90 bits per heavy atom. The summed E-state index contributed by atoms with van der Waals surface area (Å²) in [7, 11) is 1.39. The topological polar surface area (TPSA) is 38.8 Å². The Hall–Kier alpha value is -0.970. The quantitative estimate of drug-likeness (QED) is 0.689. The fourth-order valence-corrected chi connectivity index (χ4v) is 2.18. The van der Waals surface area contributed by atoms with Gasteiger partial charge in [-0.05, 0) is 18.7 Å². The zero-order chi connectivity index (χ0) is 15.0. The molecule has 20 heavy (non-hydrogen) atoms. The SMILES string of the molecule is CCN(CCOc1c(Cl)cccc1Cl)CCC(=O)OC. The first kappa shape index (κ1) is 17.1. The van der Waals surface area contributed by atoms with Crippen molar-refractivity contribution >= 4 is 29.2 Å². The molecule has 0 aliphatic carbocycles. The molecule has 0 heterocycles. The van der Waals surface area contributed by atoms with Crippen molar-refractivity contribution in [2.75, 3.05) is 33.4 Å². The molecular formula is C14H19Cl2NO3. The summed E-state index contributed by atoms with van der Waals surface area (Å²) in [6, 6.07) is 5.24. The first-order valence-electron chi connectivity index (χ1n) is 6.44. The van der Waals surface area contributed by atoms with Gasteiger partial charge in [0, 0.05) is 13.1 Å². The third-order valence-electron chi connectivity index (χ3n) is 2.88. The highest BCUT2D eigenvalue weighted by molar-refractivity contribution is 6.37. The predicted octanol–water partition coefficient (Wildman–Crippen LogP) is 3.26. The summed E-state index contributed by atoms with van der Waals surface area (Å²) in [5, 5.41) is 0.991. The van der Waals surface area contributed by atoms with Crippen LogP contribution in [0.15, 0.2) is 18.2 Å². The summed E-state index contributed by atoms with van der Waals surface area (Å²) in [6.07, 6.45) is 0.372. The Bertz CT molecular complexity index is 420. The van der Waals surface area contributed by atoms with Crippen molar-refractivity contribution in [1.29, 1.82) is 0 Å². The Balaban J connectivity index is 2.39. The van der Waals surface area contributed by atoms with Gasteiger partial charge in [0.15, 0.2) is 5.75 Å². The number of carbonyl (C=O) groups is 1. The van der Waals surface area contributed by atoms with E-state index in [9.17, 15) is 4.79 Å². The molecule has 0 atom stereocenters. The number of hydrogen-bond donors (Lipinski definition) is 0. The van der Waals surface area contributed by atoms with Crippen molar-refractivity contribution in [1.82, 2.24) is 4.90 Å². The number of carbonyl (C=O) groups excluding carboxylic acids is 1. The molecule has 0 amide bonds. The van der Waals surface area contributed by atoms with E-state index in [0.717, 1.165) is 6.54 Å². The first-order chi connectivity index (χ1) is 9.58. The second kappa shape index (κ2) is 9.06. The number of halogens is 2. The van der Waals surface area contributed by atoms with Crippen molar-refractivity contribution in [2.45, 2.75) is 13.3 Å². The summed E-state index contributed by atoms with van der Waals surface area (Å²) in [6.45, 7) is 4.65. The molecule has 4 nitrogen and oxygen atoms in total. The monoisotopic (exact) mass is 319 g/mol. The standard InChI is InChI=1S/C14H19Cl2NO3/c1-3-17(8-7-13(18)19-2)9-10-20-14-11(15)5-4-6-12(14)16/h4-6H,3,7-10H2,1-2H3. The smallest absolute Gasteiger partial charge is 0.306 e. The Morgan fingerprint density at radius 3 is 2.45 bits per heavy atom. The van der Waals surface area contributed by atoms with Gasteiger partial charge in [-0.2, -0.15) is 0 Å². The van der Waals surface area contributed by atoms with E-state index in [0.29, 0.717) is 41.9 Å². The summed E-state index contributed by atoms with van der Waals surface area (Å²) < 4.78 is 10.2. The summed E-state index contributed by atoms with van der Waals surface area (Å²) >= 11 is 12.0. The average Bonchev–Trinajstić information content (AvgIpc) is 2.44. The minimum atomic E-state index is -0.210. The normalized spacial score (nSPS) is 10.7. The van der Waals surface area contributed by atoms with Gasteiger partial charge in [0.1, 0.15) is 6.61 Å². The van der Waals surface area contributed by atoms with Crippen LogP contribution in [-0.2, 0) is 9.53 Å². The highest BCUT2D eigenvalue weighted by Crippen LogP contribution is 2.32. The van der Waals surface area contributed by atoms with Gasteiger partial charge < -0.3 is 9.47 Å². The van der Waals surface area contributed by atoms with Gasteiger partial charge in [0.25, 0.3) is 0 Å². The van der Waals surface area contributed by atoms with Crippen LogP contribution in [0.3, 0.4) is 0 Å². The van der Waals surface area contributed by atoms with Gasteiger partial charge in [-0.25, -0.2) is 0 Å². The zero-order valence-corrected chi connectivity index (χ0v) is 13.2. The van der Waals surface area contributed by atoms with E-state index in [1.54, 1.807) is 18.2 Å². The molecular weight excluding hydrogens is 301 g/mol. The number of para-hydroxylation sites is 1. The number of benzene rings is 1. The van der Waals surface area contributed by atoms with Crippen LogP contribution in [0.1, 0.15) is 13.3 Å². The van der Waals surface area contributed by atoms with Crippen molar-refractivity contribution in [3.8, 4) is 5.75 Å². The van der Waals surface area contributed by atoms with Crippen molar-refractivity contribution in [2.24, 2.45) is 0 Å². The lowest BCUT2D eigenvalue weighted by Crippen LogP contribution is -2.30. The first-order valence-corrected chi connectivity index (χ1v) is 7.20. The molecule has 1 aromatic carbocycles. The van der Waals surface area contributed by atoms with E-state index in [2.05, 4.69) is 9.64 Å². The van der Waals surface area contributed by atoms with Crippen LogP contribution in [0.4, 0.5) is 0 Å². The molecule has 6 heteroatoms. The van der Waals surface area contributed by atoms with E-state index < -0.39 is 0 Å². The number of rotatable bonds is 8. The van der Waals surface area contributed by atoms with Gasteiger partial charge in [-0.1, -0.05) is 36.2 Å². The summed E-state index contributed by atoms with van der Waals surface area (Å²) in [4.78, 5) is 13.2. The van der Waals surface area contributed by atoms with Crippen molar-refractivity contribution < 1.29 is 14.3 Å². The van der Waals surface area contributed by atoms with Crippen LogP contribution in [0.5, 0.6) is 5.75 Å². The fourth-order valence-electron chi connectivity index (χ4n) is 1.68. The van der Waals surface area contributed by atoms with Gasteiger partial charge in [0.05, 0.1) is 23.6 Å². The molecule has 1 aromatic rings. The van der Waals surface area contributed by atoms with Crippen LogP contribution in [0.25, 0.3) is 0 Å². The Labute approximate surface area is 129 Å². The molecule has 0 spiro atoms. The maximum absolute atomic E-state index is 11.1. The minimum Gasteiger partial charge on any atom is -0.489 e. The lowest BCUT2D eigenvalue weighted by Gasteiger charge is -2.20. The molecule has 0 aliphatic heterocycles. The number of hydrogen-bond acceptors (Lipinski definition) is 4. The van der Waals surface area contributed by atoms with Crippen LogP contribution < -0.4 is 4.74 Å². The molecule has 1 rings (SSSR count). The minimum absolute atomic E-state index is 0.210. The number of methoxy groups -OCH3 is 1. The van der Waals surface area contributed by atoms with Crippen LogP contribution >= 0.6 is 23.2 Å².